The molecule has 0 N–H and O–H groups in total. The summed E-state index contributed by atoms with van der Waals surface area (Å²) >= 11 is 1.86. The molecule has 0 spiro atoms. The van der Waals surface area contributed by atoms with Gasteiger partial charge in [0.25, 0.3) is 0 Å². The smallest absolute Gasteiger partial charge is 0.0160 e. The van der Waals surface area contributed by atoms with Crippen LogP contribution in [-0.4, -0.2) is 0 Å². The molecule has 0 heterocycles. The standard InChI is InChI=1S/C24H30S/c1-9-17-11-13-21(19(15-17)23(3,4)5)25-22-14-12-18(10-2)16-20(22)24(6,7)8/h9-16H,1-2H2,3-8H3. The van der Waals surface area contributed by atoms with E-state index in [0.717, 1.165) is 0 Å². The first-order valence-electron chi connectivity index (χ1n) is 8.78. The normalized spacial score (nSPS) is 12.1. The molecule has 1 heteroatoms. The van der Waals surface area contributed by atoms with E-state index in [-0.39, 0.29) is 10.8 Å². The first-order chi connectivity index (χ1) is 11.6. The molecule has 2 aromatic carbocycles. The van der Waals surface area contributed by atoms with Crippen LogP contribution in [0.5, 0.6) is 0 Å². The summed E-state index contributed by atoms with van der Waals surface area (Å²) in [6.07, 6.45) is 3.84. The summed E-state index contributed by atoms with van der Waals surface area (Å²) in [5.74, 6) is 0. The van der Waals surface area contributed by atoms with E-state index in [1.807, 2.05) is 23.9 Å². The summed E-state index contributed by atoms with van der Waals surface area (Å²) in [4.78, 5) is 2.63. The molecule has 2 aromatic rings. The molecular weight excluding hydrogens is 320 g/mol. The van der Waals surface area contributed by atoms with Crippen molar-refractivity contribution in [2.45, 2.75) is 62.2 Å². The van der Waals surface area contributed by atoms with E-state index in [0.29, 0.717) is 0 Å². The lowest BCUT2D eigenvalue weighted by molar-refractivity contribution is 0.575. The molecule has 0 unspecified atom stereocenters. The Morgan fingerprint density at radius 2 is 1.04 bits per heavy atom. The molecule has 0 saturated heterocycles. The van der Waals surface area contributed by atoms with Gasteiger partial charge in [-0.2, -0.15) is 0 Å². The van der Waals surface area contributed by atoms with Gasteiger partial charge in [0.05, 0.1) is 0 Å². The summed E-state index contributed by atoms with van der Waals surface area (Å²) < 4.78 is 0. The Bertz CT molecular complexity index is 715. The van der Waals surface area contributed by atoms with Crippen LogP contribution < -0.4 is 0 Å². The first-order valence-corrected chi connectivity index (χ1v) is 9.59. The molecule has 0 aliphatic rings. The highest BCUT2D eigenvalue weighted by Crippen LogP contribution is 2.41. The SMILES string of the molecule is C=Cc1ccc(Sc2ccc(C=C)cc2C(C)(C)C)c(C(C)(C)C)c1. The van der Waals surface area contributed by atoms with Crippen LogP contribution in [0, 0.1) is 0 Å². The van der Waals surface area contributed by atoms with Gasteiger partial charge in [-0.3, -0.25) is 0 Å². The van der Waals surface area contributed by atoms with E-state index >= 15 is 0 Å². The van der Waals surface area contributed by atoms with Crippen molar-refractivity contribution in [3.05, 3.63) is 71.8 Å². The molecule has 2 rings (SSSR count). The fourth-order valence-corrected chi connectivity index (χ4v) is 4.28. The third-order valence-electron chi connectivity index (χ3n) is 4.31. The van der Waals surface area contributed by atoms with Crippen LogP contribution in [0.4, 0.5) is 0 Å². The van der Waals surface area contributed by atoms with Crippen LogP contribution in [0.3, 0.4) is 0 Å². The lowest BCUT2D eigenvalue weighted by atomic mass is 9.86. The molecule has 0 aliphatic heterocycles. The van der Waals surface area contributed by atoms with Crippen molar-refractivity contribution in [3.8, 4) is 0 Å². The number of hydrogen-bond donors (Lipinski definition) is 0. The van der Waals surface area contributed by atoms with Gasteiger partial charge < -0.3 is 0 Å². The van der Waals surface area contributed by atoms with Crippen molar-refractivity contribution >= 4 is 23.9 Å². The van der Waals surface area contributed by atoms with E-state index in [9.17, 15) is 0 Å². The van der Waals surface area contributed by atoms with Crippen LogP contribution >= 0.6 is 11.8 Å². The topological polar surface area (TPSA) is 0 Å². The van der Waals surface area contributed by atoms with E-state index in [4.69, 9.17) is 0 Å². The average Bonchev–Trinajstić information content (AvgIpc) is 2.53. The second-order valence-electron chi connectivity index (χ2n) is 8.52. The van der Waals surface area contributed by atoms with E-state index in [1.54, 1.807) is 0 Å². The monoisotopic (exact) mass is 350 g/mol. The van der Waals surface area contributed by atoms with Crippen molar-refractivity contribution in [2.24, 2.45) is 0 Å². The Morgan fingerprint density at radius 3 is 1.32 bits per heavy atom. The molecule has 0 radical (unpaired) electrons. The maximum atomic E-state index is 3.92. The van der Waals surface area contributed by atoms with Crippen molar-refractivity contribution < 1.29 is 0 Å². The second-order valence-corrected chi connectivity index (χ2v) is 9.61. The quantitative estimate of drug-likeness (QED) is 0.544. The third kappa shape index (κ3) is 4.67. The minimum atomic E-state index is 0.0876. The van der Waals surface area contributed by atoms with Crippen molar-refractivity contribution in [2.75, 3.05) is 0 Å². The summed E-state index contributed by atoms with van der Waals surface area (Å²) in [5, 5.41) is 0. The third-order valence-corrected chi connectivity index (χ3v) is 5.47. The molecule has 0 amide bonds. The fraction of sp³-hybridized carbons (Fsp3) is 0.333. The highest BCUT2D eigenvalue weighted by Gasteiger charge is 2.22. The van der Waals surface area contributed by atoms with Crippen molar-refractivity contribution in [1.29, 1.82) is 0 Å². The van der Waals surface area contributed by atoms with Crippen LogP contribution in [0.1, 0.15) is 63.8 Å². The molecule has 0 fully saturated rings. The Hall–Kier alpha value is -1.73. The largest absolute Gasteiger partial charge is 0.0985 e. The van der Waals surface area contributed by atoms with Gasteiger partial charge in [-0.25, -0.2) is 0 Å². The molecule has 0 nitrogen and oxygen atoms in total. The van der Waals surface area contributed by atoms with Crippen molar-refractivity contribution in [3.63, 3.8) is 0 Å². The van der Waals surface area contributed by atoms with Crippen LogP contribution in [0.25, 0.3) is 12.2 Å². The lowest BCUT2D eigenvalue weighted by Crippen LogP contribution is -2.14. The predicted octanol–water partition coefficient (Wildman–Crippen LogP) is 7.72. The second kappa shape index (κ2) is 7.25. The van der Waals surface area contributed by atoms with Crippen molar-refractivity contribution in [1.82, 2.24) is 0 Å². The van der Waals surface area contributed by atoms with Gasteiger partial charge in [0.15, 0.2) is 0 Å². The number of hydrogen-bond acceptors (Lipinski definition) is 1. The van der Waals surface area contributed by atoms with Crippen LogP contribution in [0.15, 0.2) is 59.3 Å². The summed E-state index contributed by atoms with van der Waals surface area (Å²) in [7, 11) is 0. The Labute approximate surface area is 158 Å². The summed E-state index contributed by atoms with van der Waals surface area (Å²) in [6.45, 7) is 21.4. The van der Waals surface area contributed by atoms with Gasteiger partial charge in [-0.15, -0.1) is 0 Å². The molecule has 0 atom stereocenters. The van der Waals surface area contributed by atoms with Crippen LogP contribution in [-0.2, 0) is 10.8 Å². The van der Waals surface area contributed by atoms with Gasteiger partial charge in [0, 0.05) is 9.79 Å². The Kier molecular flexibility index (Phi) is 5.68. The minimum absolute atomic E-state index is 0.0876. The number of benzene rings is 2. The zero-order valence-electron chi connectivity index (χ0n) is 16.4. The van der Waals surface area contributed by atoms with Crippen LogP contribution in [0.2, 0.25) is 0 Å². The van der Waals surface area contributed by atoms with Gasteiger partial charge in [0.2, 0.25) is 0 Å². The van der Waals surface area contributed by atoms with Gasteiger partial charge in [-0.1, -0.05) is 103 Å². The molecule has 132 valence electrons. The zero-order chi connectivity index (χ0) is 18.8. The first kappa shape index (κ1) is 19.6. The average molecular weight is 351 g/mol. The van der Waals surface area contributed by atoms with E-state index < -0.39 is 0 Å². The Morgan fingerprint density at radius 1 is 0.680 bits per heavy atom. The van der Waals surface area contributed by atoms with Gasteiger partial charge in [0.1, 0.15) is 0 Å². The highest BCUT2D eigenvalue weighted by atomic mass is 32.2. The van der Waals surface area contributed by atoms with Gasteiger partial charge >= 0.3 is 0 Å². The maximum Gasteiger partial charge on any atom is 0.0160 e. The molecule has 0 aliphatic carbocycles. The van der Waals surface area contributed by atoms with E-state index in [1.165, 1.54) is 32.0 Å². The van der Waals surface area contributed by atoms with Gasteiger partial charge in [-0.05, 0) is 45.2 Å². The molecular formula is C24H30S. The molecule has 0 bridgehead atoms. The summed E-state index contributed by atoms with van der Waals surface area (Å²) in [5.41, 5.74) is 5.25. The molecule has 0 saturated carbocycles. The van der Waals surface area contributed by atoms with E-state index in [2.05, 4.69) is 91.1 Å². The summed E-state index contributed by atoms with van der Waals surface area (Å²) in [6, 6.07) is 13.3. The predicted molar refractivity (Wildman–Crippen MR) is 115 cm³/mol. The fourth-order valence-electron chi connectivity index (χ4n) is 2.82. The minimum Gasteiger partial charge on any atom is -0.0985 e. The molecule has 25 heavy (non-hydrogen) atoms. The molecule has 0 aromatic heterocycles. The zero-order valence-corrected chi connectivity index (χ0v) is 17.3. The lowest BCUT2D eigenvalue weighted by Gasteiger charge is -2.26. The Balaban J connectivity index is 2.57. The number of rotatable bonds is 4. The highest BCUT2D eigenvalue weighted by molar-refractivity contribution is 7.99. The maximum absolute atomic E-state index is 3.92.